The summed E-state index contributed by atoms with van der Waals surface area (Å²) in [4.78, 5) is 4.34. The third-order valence-electron chi connectivity index (χ3n) is 4.86. The van der Waals surface area contributed by atoms with Gasteiger partial charge in [-0.25, -0.2) is 0 Å². The van der Waals surface area contributed by atoms with Crippen LogP contribution in [0.4, 0.5) is 0 Å². The lowest BCUT2D eigenvalue weighted by Gasteiger charge is -2.38. The first-order valence-corrected chi connectivity index (χ1v) is 9.48. The molecule has 1 aliphatic rings. The van der Waals surface area contributed by atoms with Crippen LogP contribution in [0, 0.1) is 0 Å². The van der Waals surface area contributed by atoms with Gasteiger partial charge in [-0.05, 0) is 43.9 Å². The molecule has 0 atom stereocenters. The number of guanidine groups is 1. The molecule has 0 spiro atoms. The predicted molar refractivity (Wildman–Crippen MR) is 121 cm³/mol. The normalized spacial score (nSPS) is 16.3. The molecule has 6 nitrogen and oxygen atoms in total. The van der Waals surface area contributed by atoms with E-state index < -0.39 is 0 Å². The van der Waals surface area contributed by atoms with Crippen molar-refractivity contribution in [1.29, 1.82) is 0 Å². The van der Waals surface area contributed by atoms with Gasteiger partial charge in [-0.1, -0.05) is 12.1 Å². The average Bonchev–Trinajstić information content (AvgIpc) is 2.69. The predicted octanol–water partition coefficient (Wildman–Crippen LogP) is 2.95. The van der Waals surface area contributed by atoms with Gasteiger partial charge in [0.05, 0.1) is 6.61 Å². The van der Waals surface area contributed by atoms with Crippen LogP contribution in [0.2, 0.25) is 0 Å². The highest BCUT2D eigenvalue weighted by Gasteiger charge is 2.34. The van der Waals surface area contributed by atoms with Crippen LogP contribution >= 0.6 is 24.0 Å². The quantitative estimate of drug-likeness (QED) is 0.241. The summed E-state index contributed by atoms with van der Waals surface area (Å²) in [6, 6.07) is 8.50. The number of benzene rings is 1. The summed E-state index contributed by atoms with van der Waals surface area (Å²) < 4.78 is 16.3. The standard InChI is InChI=1S/C20H33N3O3.HI/c1-4-26-18-8-6-17(7-9-18)20(10-14-25-15-11-20)16-23-19(21-2)22-12-5-13-24-3;/h6-9H,4-5,10-16H2,1-3H3,(H2,21,22,23);1H. The van der Waals surface area contributed by atoms with Gasteiger partial charge in [-0.3, -0.25) is 4.99 Å². The van der Waals surface area contributed by atoms with Crippen molar-refractivity contribution >= 4 is 29.9 Å². The number of hydrogen-bond donors (Lipinski definition) is 2. The molecular weight excluding hydrogens is 457 g/mol. The lowest BCUT2D eigenvalue weighted by atomic mass is 9.74. The van der Waals surface area contributed by atoms with Crippen molar-refractivity contribution in [1.82, 2.24) is 10.6 Å². The van der Waals surface area contributed by atoms with Gasteiger partial charge in [0.25, 0.3) is 0 Å². The maximum Gasteiger partial charge on any atom is 0.191 e. The lowest BCUT2D eigenvalue weighted by Crippen LogP contribution is -2.48. The van der Waals surface area contributed by atoms with Gasteiger partial charge in [0, 0.05) is 52.5 Å². The molecule has 1 fully saturated rings. The Morgan fingerprint density at radius 1 is 1.19 bits per heavy atom. The first-order valence-electron chi connectivity index (χ1n) is 9.48. The highest BCUT2D eigenvalue weighted by molar-refractivity contribution is 14.0. The summed E-state index contributed by atoms with van der Waals surface area (Å²) in [7, 11) is 3.53. The van der Waals surface area contributed by atoms with E-state index in [2.05, 4.69) is 39.9 Å². The molecule has 0 bridgehead atoms. The maximum atomic E-state index is 5.62. The minimum atomic E-state index is 0. The van der Waals surface area contributed by atoms with Crippen LogP contribution in [0.25, 0.3) is 0 Å². The Labute approximate surface area is 180 Å². The SMILES string of the molecule is CCOc1ccc(C2(CNC(=NC)NCCCOC)CCOCC2)cc1.I. The van der Waals surface area contributed by atoms with E-state index in [9.17, 15) is 0 Å². The van der Waals surface area contributed by atoms with Gasteiger partial charge in [-0.2, -0.15) is 0 Å². The molecule has 1 aliphatic heterocycles. The Balaban J connectivity index is 0.00000364. The first-order chi connectivity index (χ1) is 12.7. The largest absolute Gasteiger partial charge is 0.494 e. The second kappa shape index (κ2) is 13.2. The number of halogens is 1. The zero-order valence-electron chi connectivity index (χ0n) is 16.8. The monoisotopic (exact) mass is 491 g/mol. The second-order valence-electron chi connectivity index (χ2n) is 6.55. The molecule has 2 rings (SSSR count). The first kappa shape index (κ1) is 24.0. The van der Waals surface area contributed by atoms with Gasteiger partial charge >= 0.3 is 0 Å². The Morgan fingerprint density at radius 3 is 2.48 bits per heavy atom. The molecular formula is C20H34IN3O3. The Hall–Kier alpha value is -1.06. The Kier molecular flexibility index (Phi) is 11.7. The van der Waals surface area contributed by atoms with E-state index in [1.54, 1.807) is 14.2 Å². The fraction of sp³-hybridized carbons (Fsp3) is 0.650. The van der Waals surface area contributed by atoms with E-state index in [0.29, 0.717) is 6.61 Å². The molecule has 0 radical (unpaired) electrons. The molecule has 1 aromatic carbocycles. The van der Waals surface area contributed by atoms with Gasteiger partial charge < -0.3 is 24.8 Å². The summed E-state index contributed by atoms with van der Waals surface area (Å²) >= 11 is 0. The number of nitrogens with zero attached hydrogens (tertiary/aromatic N) is 1. The molecule has 0 amide bonds. The van der Waals surface area contributed by atoms with Crippen molar-refractivity contribution in [3.05, 3.63) is 29.8 Å². The highest BCUT2D eigenvalue weighted by atomic mass is 127. The molecule has 154 valence electrons. The van der Waals surface area contributed by atoms with Gasteiger partial charge in [-0.15, -0.1) is 24.0 Å². The van der Waals surface area contributed by atoms with E-state index >= 15 is 0 Å². The van der Waals surface area contributed by atoms with Crippen molar-refractivity contribution < 1.29 is 14.2 Å². The summed E-state index contributed by atoms with van der Waals surface area (Å²) in [5, 5.41) is 6.85. The molecule has 0 unspecified atom stereocenters. The number of methoxy groups -OCH3 is 1. The smallest absolute Gasteiger partial charge is 0.191 e. The van der Waals surface area contributed by atoms with E-state index in [1.165, 1.54) is 5.56 Å². The van der Waals surface area contributed by atoms with E-state index in [1.807, 2.05) is 6.92 Å². The summed E-state index contributed by atoms with van der Waals surface area (Å²) in [5.41, 5.74) is 1.37. The fourth-order valence-electron chi connectivity index (χ4n) is 3.30. The number of hydrogen-bond acceptors (Lipinski definition) is 4. The molecule has 27 heavy (non-hydrogen) atoms. The van der Waals surface area contributed by atoms with Gasteiger partial charge in [0.1, 0.15) is 5.75 Å². The summed E-state index contributed by atoms with van der Waals surface area (Å²) in [5.74, 6) is 1.75. The molecule has 1 heterocycles. The number of nitrogens with one attached hydrogen (secondary N) is 2. The molecule has 0 aliphatic carbocycles. The van der Waals surface area contributed by atoms with E-state index in [0.717, 1.165) is 63.9 Å². The van der Waals surface area contributed by atoms with Gasteiger partial charge in [0.2, 0.25) is 0 Å². The van der Waals surface area contributed by atoms with Crippen LogP contribution in [0.1, 0.15) is 31.7 Å². The molecule has 1 saturated heterocycles. The van der Waals surface area contributed by atoms with Crippen molar-refractivity contribution in [3.63, 3.8) is 0 Å². The Bertz CT molecular complexity index is 546. The van der Waals surface area contributed by atoms with Crippen LogP contribution in [0.3, 0.4) is 0 Å². The lowest BCUT2D eigenvalue weighted by molar-refractivity contribution is 0.0513. The van der Waals surface area contributed by atoms with Crippen molar-refractivity contribution in [2.24, 2.45) is 4.99 Å². The van der Waals surface area contributed by atoms with Crippen LogP contribution < -0.4 is 15.4 Å². The zero-order chi connectivity index (χ0) is 18.7. The van der Waals surface area contributed by atoms with Crippen molar-refractivity contribution in [2.75, 3.05) is 53.7 Å². The maximum absolute atomic E-state index is 5.62. The van der Waals surface area contributed by atoms with Gasteiger partial charge in [0.15, 0.2) is 5.96 Å². The van der Waals surface area contributed by atoms with Crippen LogP contribution in [-0.2, 0) is 14.9 Å². The van der Waals surface area contributed by atoms with E-state index in [-0.39, 0.29) is 29.4 Å². The third kappa shape index (κ3) is 7.46. The Morgan fingerprint density at radius 2 is 1.89 bits per heavy atom. The van der Waals surface area contributed by atoms with Crippen molar-refractivity contribution in [2.45, 2.75) is 31.6 Å². The van der Waals surface area contributed by atoms with Crippen LogP contribution in [0.15, 0.2) is 29.3 Å². The number of rotatable bonds is 9. The molecule has 1 aromatic rings. The summed E-state index contributed by atoms with van der Waals surface area (Å²) in [6.07, 6.45) is 2.94. The minimum Gasteiger partial charge on any atom is -0.494 e. The summed E-state index contributed by atoms with van der Waals surface area (Å²) in [6.45, 7) is 6.68. The fourth-order valence-corrected chi connectivity index (χ4v) is 3.30. The van der Waals surface area contributed by atoms with Crippen molar-refractivity contribution in [3.8, 4) is 5.75 Å². The number of ether oxygens (including phenoxy) is 3. The average molecular weight is 491 g/mol. The minimum absolute atomic E-state index is 0. The second-order valence-corrected chi connectivity index (χ2v) is 6.55. The molecule has 0 saturated carbocycles. The topological polar surface area (TPSA) is 64.1 Å². The number of aliphatic imine (C=N–C) groups is 1. The van der Waals surface area contributed by atoms with Crippen LogP contribution in [-0.4, -0.2) is 59.6 Å². The third-order valence-corrected chi connectivity index (χ3v) is 4.86. The molecule has 0 aromatic heterocycles. The molecule has 7 heteroatoms. The highest BCUT2D eigenvalue weighted by Crippen LogP contribution is 2.35. The molecule has 2 N–H and O–H groups in total. The van der Waals surface area contributed by atoms with Crippen LogP contribution in [0.5, 0.6) is 5.75 Å². The zero-order valence-corrected chi connectivity index (χ0v) is 19.1. The van der Waals surface area contributed by atoms with E-state index in [4.69, 9.17) is 14.2 Å².